The molecule has 10 nitrogen and oxygen atoms in total. The van der Waals surface area contributed by atoms with E-state index in [9.17, 15) is 4.79 Å². The molecular formula is C36H47FN8O2. The maximum atomic E-state index is 15.3. The van der Waals surface area contributed by atoms with Crippen molar-refractivity contribution in [2.75, 3.05) is 51.8 Å². The van der Waals surface area contributed by atoms with Gasteiger partial charge in [0.25, 0.3) is 0 Å². The molecular weight excluding hydrogens is 595 g/mol. The quantitative estimate of drug-likeness (QED) is 0.231. The first-order chi connectivity index (χ1) is 22.8. The molecule has 2 fully saturated rings. The van der Waals surface area contributed by atoms with Gasteiger partial charge >= 0.3 is 6.03 Å². The van der Waals surface area contributed by atoms with E-state index in [0.29, 0.717) is 31.7 Å². The lowest BCUT2D eigenvalue weighted by Gasteiger charge is -2.32. The number of urea groups is 1. The van der Waals surface area contributed by atoms with Gasteiger partial charge in [-0.05, 0) is 68.1 Å². The van der Waals surface area contributed by atoms with E-state index < -0.39 is 6.03 Å². The van der Waals surface area contributed by atoms with Crippen molar-refractivity contribution in [1.82, 2.24) is 29.5 Å². The Morgan fingerprint density at radius 2 is 1.85 bits per heavy atom. The second-order valence-corrected chi connectivity index (χ2v) is 12.8. The number of amides is 2. The van der Waals surface area contributed by atoms with Crippen LogP contribution in [0.2, 0.25) is 0 Å². The summed E-state index contributed by atoms with van der Waals surface area (Å²) in [5, 5.41) is 9.30. The first kappa shape index (κ1) is 32.9. The molecule has 11 heteroatoms. The number of likely N-dealkylation sites (N-methyl/N-ethyl adjacent to an activating group) is 1. The lowest BCUT2D eigenvalue weighted by atomic mass is 9.99. The number of fused-ring (bicyclic) bond motifs is 1. The van der Waals surface area contributed by atoms with Gasteiger partial charge in [-0.15, -0.1) is 0 Å². The third-order valence-electron chi connectivity index (χ3n) is 9.48. The van der Waals surface area contributed by atoms with Crippen LogP contribution in [0.15, 0.2) is 48.7 Å². The molecule has 2 saturated heterocycles. The minimum atomic E-state index is -0.548. The molecule has 2 aromatic carbocycles. The van der Waals surface area contributed by atoms with E-state index in [4.69, 9.17) is 15.5 Å². The number of rotatable bonds is 11. The number of ether oxygens (including phenoxy) is 1. The van der Waals surface area contributed by atoms with Crippen LogP contribution in [0.25, 0.3) is 22.2 Å². The average Bonchev–Trinajstić information content (AvgIpc) is 3.50. The Balaban J connectivity index is 1.28. The van der Waals surface area contributed by atoms with E-state index in [-0.39, 0.29) is 24.9 Å². The number of aryl methyl sites for hydroxylation is 2. The van der Waals surface area contributed by atoms with Crippen LogP contribution >= 0.6 is 0 Å². The van der Waals surface area contributed by atoms with Crippen LogP contribution in [0.5, 0.6) is 0 Å². The first-order valence-electron chi connectivity index (χ1n) is 16.9. The second kappa shape index (κ2) is 14.8. The number of halogens is 1. The number of benzene rings is 2. The van der Waals surface area contributed by atoms with Gasteiger partial charge in [-0.3, -0.25) is 4.90 Å². The zero-order valence-corrected chi connectivity index (χ0v) is 27.8. The van der Waals surface area contributed by atoms with Gasteiger partial charge < -0.3 is 25.6 Å². The Labute approximate surface area is 276 Å². The summed E-state index contributed by atoms with van der Waals surface area (Å²) in [5.41, 5.74) is 12.9. The van der Waals surface area contributed by atoms with Crippen LogP contribution in [0, 0.1) is 5.82 Å². The smallest absolute Gasteiger partial charge is 0.315 e. The van der Waals surface area contributed by atoms with E-state index in [1.165, 1.54) is 6.07 Å². The summed E-state index contributed by atoms with van der Waals surface area (Å²) in [6, 6.07) is 12.9. The van der Waals surface area contributed by atoms with Gasteiger partial charge in [0.15, 0.2) is 5.65 Å². The molecule has 2 aromatic heterocycles. The number of primary amides is 1. The van der Waals surface area contributed by atoms with Crippen LogP contribution in [0.4, 0.5) is 14.9 Å². The topological polar surface area (TPSA) is 105 Å². The second-order valence-electron chi connectivity index (χ2n) is 12.8. The number of hydrogen-bond donors (Lipinski definition) is 2. The van der Waals surface area contributed by atoms with Crippen LogP contribution in [-0.4, -0.2) is 88.0 Å². The predicted molar refractivity (Wildman–Crippen MR) is 183 cm³/mol. The van der Waals surface area contributed by atoms with Gasteiger partial charge in [0.05, 0.1) is 23.8 Å². The molecule has 0 spiro atoms. The maximum Gasteiger partial charge on any atom is 0.315 e. The van der Waals surface area contributed by atoms with Crippen molar-refractivity contribution in [2.45, 2.75) is 65.3 Å². The Bertz CT molecular complexity index is 1690. The third-order valence-corrected chi connectivity index (χ3v) is 9.48. The molecule has 47 heavy (non-hydrogen) atoms. The third kappa shape index (κ3) is 7.58. The molecule has 250 valence electrons. The van der Waals surface area contributed by atoms with Crippen molar-refractivity contribution in [3.63, 3.8) is 0 Å². The van der Waals surface area contributed by atoms with Gasteiger partial charge in [0.2, 0.25) is 0 Å². The number of nitrogens with one attached hydrogen (secondary N) is 1. The maximum absolute atomic E-state index is 15.3. The molecule has 0 bridgehead atoms. The van der Waals surface area contributed by atoms with Crippen molar-refractivity contribution in [3.8, 4) is 11.1 Å². The van der Waals surface area contributed by atoms with Gasteiger partial charge in [0, 0.05) is 81.9 Å². The molecule has 0 atom stereocenters. The monoisotopic (exact) mass is 642 g/mol. The Hall–Kier alpha value is -4.06. The van der Waals surface area contributed by atoms with Crippen molar-refractivity contribution < 1.29 is 13.9 Å². The van der Waals surface area contributed by atoms with Crippen molar-refractivity contribution in [2.24, 2.45) is 5.73 Å². The van der Waals surface area contributed by atoms with Gasteiger partial charge in [-0.2, -0.15) is 5.10 Å². The lowest BCUT2D eigenvalue weighted by Crippen LogP contribution is -2.43. The number of carbonyl (C=O) groups excluding carboxylic acids is 1. The highest BCUT2D eigenvalue weighted by Gasteiger charge is 2.24. The summed E-state index contributed by atoms with van der Waals surface area (Å²) < 4.78 is 22.8. The molecule has 2 aliphatic rings. The number of hydrogen-bond acceptors (Lipinski definition) is 7. The fourth-order valence-electron chi connectivity index (χ4n) is 6.70. The lowest BCUT2D eigenvalue weighted by molar-refractivity contribution is 0.0904. The summed E-state index contributed by atoms with van der Waals surface area (Å²) in [7, 11) is 2.15. The fourth-order valence-corrected chi connectivity index (χ4v) is 6.70. The van der Waals surface area contributed by atoms with Crippen LogP contribution < -0.4 is 11.1 Å². The molecule has 2 aliphatic heterocycles. The number of pyridine rings is 1. The Morgan fingerprint density at radius 3 is 2.57 bits per heavy atom. The SMILES string of the molecule is CCc1nc2c(cnn2CC)c(NC2CCOCC2)c1CN(Cc1ccc(F)c(-c2cccc(CN3CCN(C)CC3)c2)c1)C(N)=O. The van der Waals surface area contributed by atoms with Crippen LogP contribution in [0.1, 0.15) is 49.1 Å². The molecule has 2 amide bonds. The minimum Gasteiger partial charge on any atom is -0.381 e. The van der Waals surface area contributed by atoms with Crippen molar-refractivity contribution in [3.05, 3.63) is 76.9 Å². The van der Waals surface area contributed by atoms with Gasteiger partial charge in [0.1, 0.15) is 5.82 Å². The molecule has 4 aromatic rings. The molecule has 4 heterocycles. The van der Waals surface area contributed by atoms with Crippen molar-refractivity contribution in [1.29, 1.82) is 0 Å². The predicted octanol–water partition coefficient (Wildman–Crippen LogP) is 5.24. The molecule has 0 saturated carbocycles. The minimum absolute atomic E-state index is 0.232. The number of anilines is 1. The van der Waals surface area contributed by atoms with E-state index in [2.05, 4.69) is 53.2 Å². The Morgan fingerprint density at radius 1 is 1.06 bits per heavy atom. The standard InChI is InChI=1S/C36H47FN8O2/c1-4-33-31(34(40-28-11-17-47-18-12-28)30-21-39-45(5-2)35(30)41-33)24-44(36(38)46)23-26-9-10-32(37)29(20-26)27-8-6-7-25(19-27)22-43-15-13-42(3)14-16-43/h6-10,19-21,28H,4-5,11-18,22-24H2,1-3H3,(H2,38,46)(H,40,41). The van der Waals surface area contributed by atoms with Gasteiger partial charge in [-0.1, -0.05) is 31.2 Å². The average molecular weight is 643 g/mol. The number of aromatic nitrogens is 3. The highest BCUT2D eigenvalue weighted by atomic mass is 19.1. The summed E-state index contributed by atoms with van der Waals surface area (Å²) in [6.45, 7) is 11.7. The van der Waals surface area contributed by atoms with Crippen molar-refractivity contribution >= 4 is 22.8 Å². The van der Waals surface area contributed by atoms with Gasteiger partial charge in [-0.25, -0.2) is 18.9 Å². The summed E-state index contributed by atoms with van der Waals surface area (Å²) in [6.07, 6.45) is 4.32. The molecule has 6 rings (SSSR count). The summed E-state index contributed by atoms with van der Waals surface area (Å²) in [5.74, 6) is -0.296. The number of nitrogens with two attached hydrogens (primary N) is 1. The fraction of sp³-hybridized carbons (Fsp3) is 0.472. The normalized spacial score (nSPS) is 16.5. The largest absolute Gasteiger partial charge is 0.381 e. The van der Waals surface area contributed by atoms with E-state index in [0.717, 1.165) is 90.2 Å². The highest BCUT2D eigenvalue weighted by Crippen LogP contribution is 2.33. The van der Waals surface area contributed by atoms with E-state index >= 15 is 4.39 Å². The number of nitrogens with zero attached hydrogens (tertiary/aromatic N) is 6. The first-order valence-corrected chi connectivity index (χ1v) is 16.9. The van der Waals surface area contributed by atoms with E-state index in [1.807, 2.05) is 29.1 Å². The number of piperazine rings is 1. The summed E-state index contributed by atoms with van der Waals surface area (Å²) >= 11 is 0. The number of carbonyl (C=O) groups is 1. The highest BCUT2D eigenvalue weighted by molar-refractivity contribution is 5.91. The molecule has 0 radical (unpaired) electrons. The zero-order valence-electron chi connectivity index (χ0n) is 27.8. The molecule has 3 N–H and O–H groups in total. The van der Waals surface area contributed by atoms with E-state index in [1.54, 1.807) is 11.0 Å². The zero-order chi connectivity index (χ0) is 32.9. The molecule has 0 unspecified atom stereocenters. The van der Waals surface area contributed by atoms with Crippen LogP contribution in [-0.2, 0) is 37.3 Å². The Kier molecular flexibility index (Phi) is 10.3. The summed E-state index contributed by atoms with van der Waals surface area (Å²) in [4.78, 5) is 24.4. The molecule has 0 aliphatic carbocycles. The van der Waals surface area contributed by atoms with Crippen LogP contribution in [0.3, 0.4) is 0 Å².